The third kappa shape index (κ3) is 1.25. The van der Waals surface area contributed by atoms with Crippen LogP contribution in [0.1, 0.15) is 0 Å². The second-order valence-electron chi connectivity index (χ2n) is 3.94. The summed E-state index contributed by atoms with van der Waals surface area (Å²) in [5, 5.41) is 8.44. The highest BCUT2D eigenvalue weighted by molar-refractivity contribution is 6.11. The van der Waals surface area contributed by atoms with Gasteiger partial charge in [-0.25, -0.2) is 0 Å². The van der Waals surface area contributed by atoms with Crippen LogP contribution < -0.4 is 5.32 Å². The zero-order valence-corrected chi connectivity index (χ0v) is 9.20. The summed E-state index contributed by atoms with van der Waals surface area (Å²) >= 11 is 0. The van der Waals surface area contributed by atoms with Crippen LogP contribution in [0, 0.1) is 0 Å². The van der Waals surface area contributed by atoms with Gasteiger partial charge in [-0.1, -0.05) is 48.5 Å². The van der Waals surface area contributed by atoms with Crippen molar-refractivity contribution in [3.8, 4) is 0 Å². The Bertz CT molecular complexity index is 656. The second-order valence-corrected chi connectivity index (χ2v) is 3.94. The monoisotopic (exact) mass is 207 g/mol. The molecule has 0 radical (unpaired) electrons. The molecule has 0 amide bonds. The molecular formula is C15H13N. The number of anilines is 1. The van der Waals surface area contributed by atoms with Gasteiger partial charge >= 0.3 is 0 Å². The van der Waals surface area contributed by atoms with Crippen molar-refractivity contribution in [1.29, 1.82) is 0 Å². The molecule has 0 bridgehead atoms. The molecule has 1 nitrogen and oxygen atoms in total. The molecule has 0 aliphatic heterocycles. The van der Waals surface area contributed by atoms with E-state index in [-0.39, 0.29) is 0 Å². The van der Waals surface area contributed by atoms with E-state index in [0.29, 0.717) is 0 Å². The Balaban J connectivity index is 2.52. The van der Waals surface area contributed by atoms with E-state index < -0.39 is 0 Å². The summed E-state index contributed by atoms with van der Waals surface area (Å²) in [4.78, 5) is 0. The van der Waals surface area contributed by atoms with E-state index in [1.165, 1.54) is 27.2 Å². The zero-order valence-electron chi connectivity index (χ0n) is 9.20. The van der Waals surface area contributed by atoms with Crippen molar-refractivity contribution in [3.05, 3.63) is 54.6 Å². The van der Waals surface area contributed by atoms with E-state index in [4.69, 9.17) is 0 Å². The van der Waals surface area contributed by atoms with Gasteiger partial charge in [0.05, 0.1) is 0 Å². The van der Waals surface area contributed by atoms with Crippen molar-refractivity contribution in [3.63, 3.8) is 0 Å². The van der Waals surface area contributed by atoms with Crippen LogP contribution in [0.15, 0.2) is 54.6 Å². The molecule has 0 saturated heterocycles. The van der Waals surface area contributed by atoms with E-state index in [2.05, 4.69) is 59.9 Å². The summed E-state index contributed by atoms with van der Waals surface area (Å²) in [7, 11) is 1.96. The molecule has 0 aliphatic carbocycles. The predicted octanol–water partition coefficient (Wildman–Crippen LogP) is 4.03. The van der Waals surface area contributed by atoms with Crippen molar-refractivity contribution in [1.82, 2.24) is 0 Å². The van der Waals surface area contributed by atoms with E-state index in [9.17, 15) is 0 Å². The van der Waals surface area contributed by atoms with Gasteiger partial charge in [0.15, 0.2) is 0 Å². The van der Waals surface area contributed by atoms with Crippen LogP contribution >= 0.6 is 0 Å². The molecule has 3 aromatic rings. The van der Waals surface area contributed by atoms with E-state index >= 15 is 0 Å². The quantitative estimate of drug-likeness (QED) is 0.594. The summed E-state index contributed by atoms with van der Waals surface area (Å²) in [6.07, 6.45) is 0. The molecule has 3 rings (SSSR count). The van der Waals surface area contributed by atoms with Crippen molar-refractivity contribution in [2.24, 2.45) is 0 Å². The van der Waals surface area contributed by atoms with Gasteiger partial charge in [0.25, 0.3) is 0 Å². The van der Waals surface area contributed by atoms with Crippen LogP contribution in [0.4, 0.5) is 5.69 Å². The Hall–Kier alpha value is -2.02. The maximum Gasteiger partial charge on any atom is 0.0417 e. The summed E-state index contributed by atoms with van der Waals surface area (Å²) in [6, 6.07) is 19.3. The molecule has 0 saturated carbocycles. The Morgan fingerprint density at radius 2 is 1.50 bits per heavy atom. The molecule has 0 unspecified atom stereocenters. The van der Waals surface area contributed by atoms with E-state index in [0.717, 1.165) is 0 Å². The van der Waals surface area contributed by atoms with Gasteiger partial charge in [-0.15, -0.1) is 0 Å². The minimum absolute atomic E-state index is 1.18. The van der Waals surface area contributed by atoms with Gasteiger partial charge in [-0.2, -0.15) is 0 Å². The van der Waals surface area contributed by atoms with Crippen LogP contribution in [-0.4, -0.2) is 7.05 Å². The van der Waals surface area contributed by atoms with E-state index in [1.807, 2.05) is 7.05 Å². The third-order valence-corrected chi connectivity index (χ3v) is 3.06. The number of hydrogen-bond acceptors (Lipinski definition) is 1. The maximum absolute atomic E-state index is 3.23. The van der Waals surface area contributed by atoms with Crippen molar-refractivity contribution in [2.45, 2.75) is 0 Å². The topological polar surface area (TPSA) is 12.0 Å². The molecule has 1 heteroatoms. The minimum atomic E-state index is 1.18. The fourth-order valence-corrected chi connectivity index (χ4v) is 2.26. The van der Waals surface area contributed by atoms with Crippen LogP contribution in [0.3, 0.4) is 0 Å². The summed E-state index contributed by atoms with van der Waals surface area (Å²) in [5.41, 5.74) is 1.18. The Morgan fingerprint density at radius 1 is 0.688 bits per heavy atom. The van der Waals surface area contributed by atoms with Crippen molar-refractivity contribution in [2.75, 3.05) is 12.4 Å². The first-order chi connectivity index (χ1) is 7.90. The lowest BCUT2D eigenvalue weighted by Crippen LogP contribution is -1.89. The highest BCUT2D eigenvalue weighted by Gasteiger charge is 2.02. The zero-order chi connectivity index (χ0) is 11.0. The average molecular weight is 207 g/mol. The second kappa shape index (κ2) is 3.53. The van der Waals surface area contributed by atoms with Crippen LogP contribution in [0.2, 0.25) is 0 Å². The lowest BCUT2D eigenvalue weighted by Gasteiger charge is -2.08. The summed E-state index contributed by atoms with van der Waals surface area (Å²) in [5.74, 6) is 0. The average Bonchev–Trinajstić information content (AvgIpc) is 2.37. The van der Waals surface area contributed by atoms with Crippen LogP contribution in [0.25, 0.3) is 21.5 Å². The molecule has 16 heavy (non-hydrogen) atoms. The fourth-order valence-electron chi connectivity index (χ4n) is 2.26. The van der Waals surface area contributed by atoms with Gasteiger partial charge < -0.3 is 5.32 Å². The fraction of sp³-hybridized carbons (Fsp3) is 0.0667. The first-order valence-electron chi connectivity index (χ1n) is 5.48. The first-order valence-corrected chi connectivity index (χ1v) is 5.48. The molecule has 0 spiro atoms. The molecule has 1 N–H and O–H groups in total. The first kappa shape index (κ1) is 9.22. The molecule has 0 aromatic heterocycles. The highest BCUT2D eigenvalue weighted by Crippen LogP contribution is 2.29. The van der Waals surface area contributed by atoms with Gasteiger partial charge in [-0.05, 0) is 22.2 Å². The molecule has 0 heterocycles. The smallest absolute Gasteiger partial charge is 0.0417 e. The van der Waals surface area contributed by atoms with Gasteiger partial charge in [-0.3, -0.25) is 0 Å². The molecule has 0 fully saturated rings. The predicted molar refractivity (Wildman–Crippen MR) is 71.0 cm³/mol. The molecule has 78 valence electrons. The highest BCUT2D eigenvalue weighted by atomic mass is 14.8. The number of benzene rings is 3. The van der Waals surface area contributed by atoms with Gasteiger partial charge in [0, 0.05) is 18.1 Å². The molecule has 0 aliphatic rings. The third-order valence-electron chi connectivity index (χ3n) is 3.06. The largest absolute Gasteiger partial charge is 0.388 e. The number of nitrogens with one attached hydrogen (secondary N) is 1. The Kier molecular flexibility index (Phi) is 2.03. The number of rotatable bonds is 1. The maximum atomic E-state index is 3.23. The van der Waals surface area contributed by atoms with Crippen molar-refractivity contribution < 1.29 is 0 Å². The number of hydrogen-bond donors (Lipinski definition) is 1. The van der Waals surface area contributed by atoms with Crippen LogP contribution in [-0.2, 0) is 0 Å². The Morgan fingerprint density at radius 3 is 2.38 bits per heavy atom. The summed E-state index contributed by atoms with van der Waals surface area (Å²) < 4.78 is 0. The number of fused-ring (bicyclic) bond motifs is 3. The molecule has 0 atom stereocenters. The van der Waals surface area contributed by atoms with Crippen LogP contribution in [0.5, 0.6) is 0 Å². The van der Waals surface area contributed by atoms with E-state index in [1.54, 1.807) is 0 Å². The molecular weight excluding hydrogens is 194 g/mol. The lowest BCUT2D eigenvalue weighted by atomic mass is 10.0. The summed E-state index contributed by atoms with van der Waals surface area (Å²) in [6.45, 7) is 0. The minimum Gasteiger partial charge on any atom is -0.388 e. The SMILES string of the molecule is CNc1cccc2c1ccc1ccccc12. The molecule has 3 aromatic carbocycles. The Labute approximate surface area is 94.7 Å². The standard InChI is InChI=1S/C15H13N/c1-16-15-8-4-7-13-12-6-3-2-5-11(12)9-10-14(13)15/h2-10,16H,1H3. The normalized spacial score (nSPS) is 10.8. The lowest BCUT2D eigenvalue weighted by molar-refractivity contribution is 1.55. The van der Waals surface area contributed by atoms with Gasteiger partial charge in [0.1, 0.15) is 0 Å². The van der Waals surface area contributed by atoms with Crippen molar-refractivity contribution >= 4 is 27.2 Å². The van der Waals surface area contributed by atoms with Gasteiger partial charge in [0.2, 0.25) is 0 Å².